The van der Waals surface area contributed by atoms with Crippen molar-refractivity contribution in [3.05, 3.63) is 28.5 Å². The smallest absolute Gasteiger partial charge is 0.339 e. The summed E-state index contributed by atoms with van der Waals surface area (Å²) in [5, 5.41) is 8.46. The Hall–Kier alpha value is -1.29. The summed E-state index contributed by atoms with van der Waals surface area (Å²) in [6, 6.07) is 1.95. The predicted octanol–water partition coefficient (Wildman–Crippen LogP) is 2.19. The summed E-state index contributed by atoms with van der Waals surface area (Å²) < 4.78 is 17.5. The van der Waals surface area contributed by atoms with Gasteiger partial charge in [-0.25, -0.2) is 9.18 Å². The molecule has 1 rings (SSSR count). The highest BCUT2D eigenvalue weighted by Gasteiger charge is 2.14. The van der Waals surface area contributed by atoms with Crippen molar-refractivity contribution in [2.24, 2.45) is 0 Å². The van der Waals surface area contributed by atoms with Crippen molar-refractivity contribution in [2.45, 2.75) is 0 Å². The zero-order chi connectivity index (χ0) is 10.0. The molecule has 3 nitrogen and oxygen atoms in total. The Morgan fingerprint density at radius 3 is 2.69 bits per heavy atom. The Morgan fingerprint density at radius 1 is 1.62 bits per heavy atom. The van der Waals surface area contributed by atoms with Crippen molar-refractivity contribution >= 4 is 17.6 Å². The lowest BCUT2D eigenvalue weighted by atomic mass is 10.2. The van der Waals surface area contributed by atoms with Gasteiger partial charge in [0.1, 0.15) is 17.1 Å². The first kappa shape index (κ1) is 9.80. The molecule has 5 heteroatoms. The molecule has 1 aromatic rings. The standard InChI is InChI=1S/C8H6ClFO3/c1-13-7-3-5(9)6(10)2-4(7)8(11)12/h2-3H,1H3,(H,11,12). The van der Waals surface area contributed by atoms with Crippen LogP contribution in [-0.4, -0.2) is 18.2 Å². The zero-order valence-corrected chi connectivity index (χ0v) is 7.43. The average molecular weight is 205 g/mol. The number of carboxylic acid groups (broad SMARTS) is 1. The molecule has 0 fully saturated rings. The van der Waals surface area contributed by atoms with E-state index in [0.717, 1.165) is 12.1 Å². The molecule has 13 heavy (non-hydrogen) atoms. The van der Waals surface area contributed by atoms with Gasteiger partial charge in [-0.1, -0.05) is 11.6 Å². The maximum atomic E-state index is 12.8. The molecule has 0 heterocycles. The summed E-state index contributed by atoms with van der Waals surface area (Å²) >= 11 is 5.42. The first-order chi connectivity index (χ1) is 6.06. The van der Waals surface area contributed by atoms with Gasteiger partial charge < -0.3 is 9.84 Å². The largest absolute Gasteiger partial charge is 0.496 e. The Kier molecular flexibility index (Phi) is 2.72. The summed E-state index contributed by atoms with van der Waals surface area (Å²) in [6.07, 6.45) is 0. The number of aromatic carboxylic acids is 1. The van der Waals surface area contributed by atoms with Gasteiger partial charge in [0.25, 0.3) is 0 Å². The Morgan fingerprint density at radius 2 is 2.23 bits per heavy atom. The molecule has 0 aliphatic carbocycles. The van der Waals surface area contributed by atoms with Crippen LogP contribution in [0.1, 0.15) is 10.4 Å². The van der Waals surface area contributed by atoms with E-state index in [2.05, 4.69) is 0 Å². The Labute approximate surface area is 78.7 Å². The van der Waals surface area contributed by atoms with Crippen LogP contribution in [0, 0.1) is 5.82 Å². The minimum absolute atomic E-state index is 0.0406. The van der Waals surface area contributed by atoms with Crippen LogP contribution >= 0.6 is 11.6 Å². The first-order valence-electron chi connectivity index (χ1n) is 3.32. The number of methoxy groups -OCH3 is 1. The van der Waals surface area contributed by atoms with E-state index in [9.17, 15) is 9.18 Å². The van der Waals surface area contributed by atoms with E-state index in [1.807, 2.05) is 0 Å². The molecular formula is C8H6ClFO3. The molecule has 0 radical (unpaired) electrons. The second kappa shape index (κ2) is 3.62. The molecule has 0 amide bonds. The van der Waals surface area contributed by atoms with Crippen LogP contribution in [0.4, 0.5) is 4.39 Å². The molecule has 0 bridgehead atoms. The Balaban J connectivity index is 3.33. The summed E-state index contributed by atoms with van der Waals surface area (Å²) in [5.74, 6) is -1.99. The van der Waals surface area contributed by atoms with Crippen LogP contribution in [-0.2, 0) is 0 Å². The number of hydrogen-bond donors (Lipinski definition) is 1. The summed E-state index contributed by atoms with van der Waals surface area (Å²) in [6.45, 7) is 0. The third-order valence-corrected chi connectivity index (χ3v) is 1.76. The lowest BCUT2D eigenvalue weighted by Gasteiger charge is -2.05. The van der Waals surface area contributed by atoms with E-state index in [1.54, 1.807) is 0 Å². The number of ether oxygens (including phenoxy) is 1. The molecule has 1 N–H and O–H groups in total. The zero-order valence-electron chi connectivity index (χ0n) is 6.67. The van der Waals surface area contributed by atoms with Gasteiger partial charge in [0.15, 0.2) is 0 Å². The lowest BCUT2D eigenvalue weighted by molar-refractivity contribution is 0.0693. The van der Waals surface area contributed by atoms with E-state index in [1.165, 1.54) is 7.11 Å². The maximum Gasteiger partial charge on any atom is 0.339 e. The van der Waals surface area contributed by atoms with Crippen molar-refractivity contribution in [3.8, 4) is 5.75 Å². The predicted molar refractivity (Wildman–Crippen MR) is 44.9 cm³/mol. The fourth-order valence-electron chi connectivity index (χ4n) is 0.865. The second-order valence-electron chi connectivity index (χ2n) is 2.27. The van der Waals surface area contributed by atoms with Crippen molar-refractivity contribution in [1.82, 2.24) is 0 Å². The van der Waals surface area contributed by atoms with Crippen molar-refractivity contribution < 1.29 is 19.0 Å². The molecule has 0 aromatic heterocycles. The molecule has 0 atom stereocenters. The number of hydrogen-bond acceptors (Lipinski definition) is 2. The number of benzene rings is 1. The Bertz CT molecular complexity index is 351. The van der Waals surface area contributed by atoms with Gasteiger partial charge in [0, 0.05) is 6.07 Å². The van der Waals surface area contributed by atoms with Gasteiger partial charge in [-0.2, -0.15) is 0 Å². The number of rotatable bonds is 2. The SMILES string of the molecule is COc1cc(Cl)c(F)cc1C(=O)O. The van der Waals surface area contributed by atoms with Crippen molar-refractivity contribution in [2.75, 3.05) is 7.11 Å². The van der Waals surface area contributed by atoms with Crippen LogP contribution in [0.15, 0.2) is 12.1 Å². The monoisotopic (exact) mass is 204 g/mol. The van der Waals surface area contributed by atoms with Crippen LogP contribution in [0.3, 0.4) is 0 Å². The quantitative estimate of drug-likeness (QED) is 0.803. The van der Waals surface area contributed by atoms with Crippen molar-refractivity contribution in [1.29, 1.82) is 0 Å². The normalized spacial score (nSPS) is 9.77. The average Bonchev–Trinajstić information content (AvgIpc) is 2.08. The number of halogens is 2. The van der Waals surface area contributed by atoms with E-state index >= 15 is 0 Å². The summed E-state index contributed by atoms with van der Waals surface area (Å²) in [5.41, 5.74) is -0.246. The van der Waals surface area contributed by atoms with Crippen LogP contribution < -0.4 is 4.74 Å². The molecule has 0 unspecified atom stereocenters. The van der Waals surface area contributed by atoms with Gasteiger partial charge in [0.2, 0.25) is 0 Å². The van der Waals surface area contributed by atoms with Crippen LogP contribution in [0.25, 0.3) is 0 Å². The molecule has 0 saturated heterocycles. The maximum absolute atomic E-state index is 12.8. The topological polar surface area (TPSA) is 46.5 Å². The highest BCUT2D eigenvalue weighted by atomic mass is 35.5. The van der Waals surface area contributed by atoms with E-state index in [-0.39, 0.29) is 16.3 Å². The fourth-order valence-corrected chi connectivity index (χ4v) is 1.02. The molecular weight excluding hydrogens is 199 g/mol. The minimum Gasteiger partial charge on any atom is -0.496 e. The van der Waals surface area contributed by atoms with Gasteiger partial charge in [-0.15, -0.1) is 0 Å². The number of carbonyl (C=O) groups is 1. The van der Waals surface area contributed by atoms with Crippen LogP contribution in [0.5, 0.6) is 5.75 Å². The van der Waals surface area contributed by atoms with Crippen molar-refractivity contribution in [3.63, 3.8) is 0 Å². The third kappa shape index (κ3) is 1.89. The van der Waals surface area contributed by atoms with E-state index in [4.69, 9.17) is 21.4 Å². The molecule has 0 spiro atoms. The summed E-state index contributed by atoms with van der Waals surface area (Å²) in [4.78, 5) is 10.6. The van der Waals surface area contributed by atoms with Gasteiger partial charge in [-0.3, -0.25) is 0 Å². The van der Waals surface area contributed by atoms with Gasteiger partial charge >= 0.3 is 5.97 Å². The molecule has 70 valence electrons. The molecule has 1 aromatic carbocycles. The third-order valence-electron chi connectivity index (χ3n) is 1.47. The fraction of sp³-hybridized carbons (Fsp3) is 0.125. The molecule has 0 saturated carbocycles. The first-order valence-corrected chi connectivity index (χ1v) is 3.70. The number of carboxylic acids is 1. The van der Waals surface area contributed by atoms with Gasteiger partial charge in [0.05, 0.1) is 12.1 Å². The molecule has 0 aliphatic heterocycles. The van der Waals surface area contributed by atoms with E-state index < -0.39 is 11.8 Å². The second-order valence-corrected chi connectivity index (χ2v) is 2.68. The van der Waals surface area contributed by atoms with Crippen LogP contribution in [0.2, 0.25) is 5.02 Å². The highest BCUT2D eigenvalue weighted by Crippen LogP contribution is 2.25. The minimum atomic E-state index is -1.26. The van der Waals surface area contributed by atoms with E-state index in [0.29, 0.717) is 0 Å². The van der Waals surface area contributed by atoms with Gasteiger partial charge in [-0.05, 0) is 6.07 Å². The highest BCUT2D eigenvalue weighted by molar-refractivity contribution is 6.31. The summed E-state index contributed by atoms with van der Waals surface area (Å²) in [7, 11) is 1.29. The lowest BCUT2D eigenvalue weighted by Crippen LogP contribution is -2.01. The molecule has 0 aliphatic rings.